The van der Waals surface area contributed by atoms with Crippen molar-refractivity contribution in [3.05, 3.63) is 47.7 Å². The first-order valence-corrected chi connectivity index (χ1v) is 10.00. The minimum Gasteiger partial charge on any atom is -0.497 e. The molecule has 0 saturated heterocycles. The van der Waals surface area contributed by atoms with Crippen molar-refractivity contribution in [2.24, 2.45) is 0 Å². The fourth-order valence-corrected chi connectivity index (χ4v) is 5.21. The van der Waals surface area contributed by atoms with Gasteiger partial charge in [0.05, 0.1) is 17.5 Å². The van der Waals surface area contributed by atoms with Gasteiger partial charge in [0.2, 0.25) is 0 Å². The minimum absolute atomic E-state index is 0.347. The quantitative estimate of drug-likeness (QED) is 0.553. The van der Waals surface area contributed by atoms with E-state index in [0.29, 0.717) is 4.90 Å². The molecule has 26 heavy (non-hydrogen) atoms. The molecule has 2 aromatic carbocycles. The summed E-state index contributed by atoms with van der Waals surface area (Å²) in [7, 11) is 2.07. The smallest absolute Gasteiger partial charge is 0.268 e. The lowest BCUT2D eigenvalue weighted by Gasteiger charge is -2.21. The van der Waals surface area contributed by atoms with Crippen LogP contribution in [0.5, 0.6) is 5.75 Å². The van der Waals surface area contributed by atoms with Gasteiger partial charge >= 0.3 is 0 Å². The molecule has 136 valence electrons. The van der Waals surface area contributed by atoms with Crippen LogP contribution >= 0.6 is 0 Å². The Morgan fingerprint density at radius 2 is 1.88 bits per heavy atom. The van der Waals surface area contributed by atoms with Crippen molar-refractivity contribution in [2.75, 3.05) is 27.7 Å². The van der Waals surface area contributed by atoms with Crippen LogP contribution in [0.4, 0.5) is 0 Å². The summed E-state index contributed by atoms with van der Waals surface area (Å²) in [5.74, 6) is 0.739. The van der Waals surface area contributed by atoms with E-state index in [9.17, 15) is 8.42 Å². The van der Waals surface area contributed by atoms with Crippen molar-refractivity contribution in [3.8, 4) is 16.9 Å². The van der Waals surface area contributed by atoms with Gasteiger partial charge in [0.25, 0.3) is 10.0 Å². The predicted octanol–water partition coefficient (Wildman–Crippen LogP) is 3.28. The van der Waals surface area contributed by atoms with Crippen LogP contribution in [-0.4, -0.2) is 45.0 Å². The zero-order valence-electron chi connectivity index (χ0n) is 15.4. The molecule has 1 aliphatic rings. The van der Waals surface area contributed by atoms with Gasteiger partial charge in [-0.05, 0) is 57.3 Å². The van der Waals surface area contributed by atoms with Gasteiger partial charge in [-0.25, -0.2) is 12.4 Å². The third-order valence-electron chi connectivity index (χ3n) is 4.95. The molecule has 0 atom stereocenters. The number of fused-ring (bicyclic) bond motifs is 2. The van der Waals surface area contributed by atoms with Crippen LogP contribution in [0.1, 0.15) is 11.1 Å². The fraction of sp³-hybridized carbons (Fsp3) is 0.300. The number of benzene rings is 2. The van der Waals surface area contributed by atoms with E-state index in [-0.39, 0.29) is 0 Å². The maximum absolute atomic E-state index is 13.2. The van der Waals surface area contributed by atoms with Crippen LogP contribution in [-0.2, 0) is 16.4 Å². The minimum atomic E-state index is -3.60. The Labute approximate surface area is 153 Å². The first-order valence-electron chi connectivity index (χ1n) is 8.56. The zero-order chi connectivity index (χ0) is 18.6. The molecule has 0 bridgehead atoms. The van der Waals surface area contributed by atoms with Crippen LogP contribution in [0.25, 0.3) is 22.0 Å². The van der Waals surface area contributed by atoms with E-state index < -0.39 is 10.0 Å². The lowest BCUT2D eigenvalue weighted by Crippen LogP contribution is -2.17. The Hall–Kier alpha value is -2.31. The molecule has 4 rings (SSSR count). The van der Waals surface area contributed by atoms with Crippen LogP contribution in [0.15, 0.2) is 41.4 Å². The Morgan fingerprint density at radius 1 is 1.12 bits per heavy atom. The molecule has 1 aliphatic heterocycles. The van der Waals surface area contributed by atoms with E-state index in [1.165, 1.54) is 3.97 Å². The summed E-state index contributed by atoms with van der Waals surface area (Å²) < 4.78 is 33.4. The molecular formula is C20H22N2O3S. The predicted molar refractivity (Wildman–Crippen MR) is 104 cm³/mol. The Balaban J connectivity index is 2.09. The van der Waals surface area contributed by atoms with Crippen molar-refractivity contribution in [1.29, 1.82) is 0 Å². The summed E-state index contributed by atoms with van der Waals surface area (Å²) in [4.78, 5) is 2.44. The summed E-state index contributed by atoms with van der Waals surface area (Å²) in [6.45, 7) is 2.82. The summed E-state index contributed by atoms with van der Waals surface area (Å²) in [6.07, 6.45) is 2.54. The molecule has 2 heterocycles. The molecule has 0 N–H and O–H groups in total. The second-order valence-electron chi connectivity index (χ2n) is 7.08. The molecule has 0 radical (unpaired) electrons. The first-order chi connectivity index (χ1) is 12.3. The van der Waals surface area contributed by atoms with E-state index in [4.69, 9.17) is 4.74 Å². The number of aromatic nitrogens is 1. The molecular weight excluding hydrogens is 348 g/mol. The number of hydrogen-bond donors (Lipinski definition) is 0. The highest BCUT2D eigenvalue weighted by Gasteiger charge is 2.32. The number of nitrogens with zero attached hydrogens (tertiary/aromatic N) is 2. The molecule has 0 spiro atoms. The molecule has 0 unspecified atom stereocenters. The monoisotopic (exact) mass is 370 g/mol. The van der Waals surface area contributed by atoms with Gasteiger partial charge in [-0.15, -0.1) is 0 Å². The molecule has 6 heteroatoms. The van der Waals surface area contributed by atoms with Crippen molar-refractivity contribution < 1.29 is 13.2 Å². The summed E-state index contributed by atoms with van der Waals surface area (Å²) in [5.41, 5.74) is 4.45. The molecule has 0 saturated carbocycles. The van der Waals surface area contributed by atoms with E-state index in [0.717, 1.165) is 51.9 Å². The zero-order valence-corrected chi connectivity index (χ0v) is 16.2. The van der Waals surface area contributed by atoms with E-state index in [2.05, 4.69) is 4.90 Å². The molecule has 5 nitrogen and oxygen atoms in total. The lowest BCUT2D eigenvalue weighted by atomic mass is 9.99. The molecule has 0 amide bonds. The van der Waals surface area contributed by atoms with E-state index >= 15 is 0 Å². The number of likely N-dealkylation sites (N-methyl/N-ethyl adjacent to an activating group) is 1. The van der Waals surface area contributed by atoms with Crippen LogP contribution in [0, 0.1) is 6.92 Å². The van der Waals surface area contributed by atoms with Crippen molar-refractivity contribution >= 4 is 20.9 Å². The highest BCUT2D eigenvalue weighted by atomic mass is 32.2. The van der Waals surface area contributed by atoms with E-state index in [1.807, 2.05) is 45.3 Å². The molecule has 0 aliphatic carbocycles. The molecule has 0 fully saturated rings. The van der Waals surface area contributed by atoms with Crippen LogP contribution < -0.4 is 4.74 Å². The van der Waals surface area contributed by atoms with Gasteiger partial charge in [0.15, 0.2) is 0 Å². The Bertz CT molecular complexity index is 1130. The summed E-state index contributed by atoms with van der Waals surface area (Å²) in [6, 6.07) is 9.36. The third kappa shape index (κ3) is 2.44. The van der Waals surface area contributed by atoms with Crippen molar-refractivity contribution in [2.45, 2.75) is 18.2 Å². The van der Waals surface area contributed by atoms with Gasteiger partial charge in [-0.3, -0.25) is 0 Å². The van der Waals surface area contributed by atoms with Gasteiger partial charge < -0.3 is 9.64 Å². The maximum atomic E-state index is 13.2. The largest absolute Gasteiger partial charge is 0.497 e. The second kappa shape index (κ2) is 5.86. The van der Waals surface area contributed by atoms with Crippen molar-refractivity contribution in [3.63, 3.8) is 0 Å². The summed E-state index contributed by atoms with van der Waals surface area (Å²) in [5, 5.41) is 0.942. The van der Waals surface area contributed by atoms with E-state index in [1.54, 1.807) is 19.4 Å². The van der Waals surface area contributed by atoms with Gasteiger partial charge in [0, 0.05) is 29.3 Å². The average molecular weight is 370 g/mol. The standard InChI is InChI=1S/C20H22N2O3S/c1-13-5-6-19-17(9-13)18-11-15(25-4)10-16-14(7-8-21(2)3)12-22(20(16)18)26(19,23)24/h5-6,9-12H,7-8H2,1-4H3. The number of rotatable bonds is 4. The Morgan fingerprint density at radius 3 is 2.58 bits per heavy atom. The third-order valence-corrected chi connectivity index (χ3v) is 6.67. The van der Waals surface area contributed by atoms with Gasteiger partial charge in [-0.1, -0.05) is 11.6 Å². The summed E-state index contributed by atoms with van der Waals surface area (Å²) >= 11 is 0. The maximum Gasteiger partial charge on any atom is 0.268 e. The number of aryl methyl sites for hydroxylation is 1. The normalized spacial score (nSPS) is 14.7. The lowest BCUT2D eigenvalue weighted by molar-refractivity contribution is 0.413. The molecule has 1 aromatic heterocycles. The SMILES string of the molecule is COc1cc2c3c(c1)c(CCN(C)C)cn3S(=O)(=O)c1ccc(C)cc1-2. The highest BCUT2D eigenvalue weighted by Crippen LogP contribution is 2.44. The number of ether oxygens (including phenoxy) is 1. The second-order valence-corrected chi connectivity index (χ2v) is 8.86. The van der Waals surface area contributed by atoms with Crippen LogP contribution in [0.3, 0.4) is 0 Å². The first kappa shape index (κ1) is 17.1. The topological polar surface area (TPSA) is 51.5 Å². The number of hydrogen-bond acceptors (Lipinski definition) is 4. The van der Waals surface area contributed by atoms with Crippen molar-refractivity contribution in [1.82, 2.24) is 8.87 Å². The average Bonchev–Trinajstić information content (AvgIpc) is 2.97. The highest BCUT2D eigenvalue weighted by molar-refractivity contribution is 7.90. The Kier molecular flexibility index (Phi) is 3.86. The van der Waals surface area contributed by atoms with Crippen LogP contribution in [0.2, 0.25) is 0 Å². The van der Waals surface area contributed by atoms with Gasteiger partial charge in [0.1, 0.15) is 5.75 Å². The number of methoxy groups -OCH3 is 1. The fourth-order valence-electron chi connectivity index (χ4n) is 3.61. The van der Waals surface area contributed by atoms with Gasteiger partial charge in [-0.2, -0.15) is 0 Å². The molecule has 3 aromatic rings.